The third-order valence-corrected chi connectivity index (χ3v) is 2.73. The zero-order valence-electron chi connectivity index (χ0n) is 10.9. The number of carbonyl (C=O) groups excluding carboxylic acids is 1. The number of hydrogen-bond acceptors (Lipinski definition) is 3. The molecule has 0 aliphatic rings. The third kappa shape index (κ3) is 3.90. The molecule has 0 unspecified atom stereocenters. The number of methoxy groups -OCH3 is 1. The van der Waals surface area contributed by atoms with Crippen LogP contribution in [0, 0.1) is 11.3 Å². The van der Waals surface area contributed by atoms with Gasteiger partial charge in [-0.25, -0.2) is 0 Å². The van der Waals surface area contributed by atoms with Crippen LogP contribution >= 0.6 is 0 Å². The highest BCUT2D eigenvalue weighted by atomic mass is 79.9. The van der Waals surface area contributed by atoms with E-state index in [2.05, 4.69) is 0 Å². The number of nitrogens with zero attached hydrogens (tertiary/aromatic N) is 2. The predicted octanol–water partition coefficient (Wildman–Crippen LogP) is -1.26. The molecule has 0 saturated heterocycles. The standard InChI is InChI=1S/C15H13N2O2.BrH/c1-19-14-6-4-13(5-7-14)15(18)11-17-8-2-3-12(9-16)10-17;/h2-8,10H,11H2,1H3;1H/q+1;/p-1. The summed E-state index contributed by atoms with van der Waals surface area (Å²) in [7, 11) is 1.58. The van der Waals surface area contributed by atoms with Gasteiger partial charge in [0.25, 0.3) is 0 Å². The molecule has 0 amide bonds. The molecule has 102 valence electrons. The number of pyridine rings is 1. The first-order valence-electron chi connectivity index (χ1n) is 5.79. The monoisotopic (exact) mass is 332 g/mol. The van der Waals surface area contributed by atoms with Crippen LogP contribution in [0.3, 0.4) is 0 Å². The Labute approximate surface area is 128 Å². The van der Waals surface area contributed by atoms with E-state index in [9.17, 15) is 4.79 Å². The number of carbonyl (C=O) groups is 1. The summed E-state index contributed by atoms with van der Waals surface area (Å²) < 4.78 is 6.74. The summed E-state index contributed by atoms with van der Waals surface area (Å²) in [5.41, 5.74) is 1.15. The second-order valence-corrected chi connectivity index (χ2v) is 4.03. The first kappa shape index (κ1) is 15.9. The number of hydrogen-bond donors (Lipinski definition) is 0. The van der Waals surface area contributed by atoms with Crippen LogP contribution in [0.4, 0.5) is 0 Å². The van der Waals surface area contributed by atoms with Crippen molar-refractivity contribution in [3.63, 3.8) is 0 Å². The van der Waals surface area contributed by atoms with E-state index >= 15 is 0 Å². The molecule has 0 aliphatic heterocycles. The number of benzene rings is 1. The lowest BCUT2D eigenvalue weighted by Crippen LogP contribution is -3.00. The Morgan fingerprint density at radius 1 is 1.30 bits per heavy atom. The normalized spacial score (nSPS) is 9.20. The van der Waals surface area contributed by atoms with Gasteiger partial charge in [-0.05, 0) is 30.3 Å². The van der Waals surface area contributed by atoms with E-state index in [1.165, 1.54) is 0 Å². The van der Waals surface area contributed by atoms with Gasteiger partial charge in [-0.15, -0.1) is 0 Å². The van der Waals surface area contributed by atoms with Crippen molar-refractivity contribution >= 4 is 5.78 Å². The van der Waals surface area contributed by atoms with Crippen molar-refractivity contribution in [3.05, 3.63) is 59.9 Å². The molecule has 2 rings (SSSR count). The lowest BCUT2D eigenvalue weighted by molar-refractivity contribution is -0.683. The van der Waals surface area contributed by atoms with Gasteiger partial charge in [-0.3, -0.25) is 4.79 Å². The topological polar surface area (TPSA) is 54.0 Å². The SMILES string of the molecule is COc1ccc(C(=O)C[n+]2cccc(C#N)c2)cc1.[Br-]. The van der Waals surface area contributed by atoms with Gasteiger partial charge in [-0.2, -0.15) is 9.83 Å². The second kappa shape index (κ2) is 7.41. The lowest BCUT2D eigenvalue weighted by Gasteiger charge is -2.01. The maximum absolute atomic E-state index is 12.1. The van der Waals surface area contributed by atoms with E-state index in [0.717, 1.165) is 5.75 Å². The summed E-state index contributed by atoms with van der Waals surface area (Å²) in [4.78, 5) is 12.1. The van der Waals surface area contributed by atoms with Gasteiger partial charge in [0.15, 0.2) is 12.4 Å². The lowest BCUT2D eigenvalue weighted by atomic mass is 10.1. The van der Waals surface area contributed by atoms with E-state index in [1.54, 1.807) is 60.5 Å². The minimum atomic E-state index is -0.0113. The fraction of sp³-hybridized carbons (Fsp3) is 0.133. The number of aromatic nitrogens is 1. The molecule has 0 fully saturated rings. The van der Waals surface area contributed by atoms with Crippen molar-refractivity contribution in [1.82, 2.24) is 0 Å². The van der Waals surface area contributed by atoms with E-state index in [-0.39, 0.29) is 29.3 Å². The quantitative estimate of drug-likeness (QED) is 0.519. The molecule has 2 aromatic rings. The van der Waals surface area contributed by atoms with Crippen LogP contribution < -0.4 is 26.3 Å². The molecular formula is C15H13BrN2O2. The first-order chi connectivity index (χ1) is 9.22. The van der Waals surface area contributed by atoms with Crippen LogP contribution in [-0.4, -0.2) is 12.9 Å². The molecule has 0 aliphatic carbocycles. The minimum Gasteiger partial charge on any atom is -1.00 e. The second-order valence-electron chi connectivity index (χ2n) is 4.03. The van der Waals surface area contributed by atoms with Crippen LogP contribution in [0.25, 0.3) is 0 Å². The van der Waals surface area contributed by atoms with Crippen LogP contribution in [-0.2, 0) is 6.54 Å². The van der Waals surface area contributed by atoms with E-state index in [0.29, 0.717) is 11.1 Å². The molecule has 1 heterocycles. The zero-order valence-corrected chi connectivity index (χ0v) is 12.5. The molecule has 1 aromatic carbocycles. The number of nitriles is 1. The Kier molecular flexibility index (Phi) is 5.88. The largest absolute Gasteiger partial charge is 1.00 e. The smallest absolute Gasteiger partial charge is 0.227 e. The average molecular weight is 333 g/mol. The Morgan fingerprint density at radius 3 is 2.60 bits per heavy atom. The maximum atomic E-state index is 12.1. The van der Waals surface area contributed by atoms with E-state index < -0.39 is 0 Å². The Hall–Kier alpha value is -2.19. The minimum absolute atomic E-state index is 0. The number of ether oxygens (including phenoxy) is 1. The number of ketones is 1. The summed E-state index contributed by atoms with van der Waals surface area (Å²) in [6, 6.07) is 12.5. The van der Waals surface area contributed by atoms with Crippen LogP contribution in [0.1, 0.15) is 15.9 Å². The molecule has 5 heteroatoms. The van der Waals surface area contributed by atoms with Crippen LogP contribution in [0.15, 0.2) is 48.8 Å². The average Bonchev–Trinajstić information content (AvgIpc) is 2.47. The van der Waals surface area contributed by atoms with Gasteiger partial charge in [0.1, 0.15) is 17.4 Å². The van der Waals surface area contributed by atoms with Crippen LogP contribution in [0.5, 0.6) is 5.75 Å². The molecule has 20 heavy (non-hydrogen) atoms. The summed E-state index contributed by atoms with van der Waals surface area (Å²) >= 11 is 0. The van der Waals surface area contributed by atoms with E-state index in [1.807, 2.05) is 6.07 Å². The fourth-order valence-corrected chi connectivity index (χ4v) is 1.72. The fourth-order valence-electron chi connectivity index (χ4n) is 1.72. The first-order valence-corrected chi connectivity index (χ1v) is 5.79. The summed E-state index contributed by atoms with van der Waals surface area (Å²) in [6.45, 7) is 0.210. The van der Waals surface area contributed by atoms with Crippen molar-refractivity contribution in [2.75, 3.05) is 7.11 Å². The summed E-state index contributed by atoms with van der Waals surface area (Å²) in [5.74, 6) is 0.707. The highest BCUT2D eigenvalue weighted by Gasteiger charge is 2.12. The maximum Gasteiger partial charge on any atom is 0.227 e. The Morgan fingerprint density at radius 2 is 2.00 bits per heavy atom. The van der Waals surface area contributed by atoms with Gasteiger partial charge in [0, 0.05) is 11.6 Å². The molecule has 0 bridgehead atoms. The summed E-state index contributed by atoms with van der Waals surface area (Å²) in [6.07, 6.45) is 3.42. The molecular weight excluding hydrogens is 320 g/mol. The number of rotatable bonds is 4. The molecule has 4 nitrogen and oxygen atoms in total. The van der Waals surface area contributed by atoms with Gasteiger partial charge in [0.05, 0.1) is 7.11 Å². The third-order valence-electron chi connectivity index (χ3n) is 2.73. The van der Waals surface area contributed by atoms with Crippen molar-refractivity contribution in [2.24, 2.45) is 0 Å². The number of halogens is 1. The molecule has 1 aromatic heterocycles. The molecule has 0 spiro atoms. The van der Waals surface area contributed by atoms with Crippen molar-refractivity contribution in [1.29, 1.82) is 5.26 Å². The van der Waals surface area contributed by atoms with E-state index in [4.69, 9.17) is 10.00 Å². The molecule has 0 radical (unpaired) electrons. The van der Waals surface area contributed by atoms with Gasteiger partial charge < -0.3 is 21.7 Å². The van der Waals surface area contributed by atoms with Crippen molar-refractivity contribution < 1.29 is 31.1 Å². The highest BCUT2D eigenvalue weighted by Crippen LogP contribution is 2.11. The van der Waals surface area contributed by atoms with Crippen molar-refractivity contribution in [3.8, 4) is 11.8 Å². The Balaban J connectivity index is 0.00000200. The zero-order chi connectivity index (χ0) is 13.7. The van der Waals surface area contributed by atoms with Gasteiger partial charge >= 0.3 is 0 Å². The van der Waals surface area contributed by atoms with Gasteiger partial charge in [-0.1, -0.05) is 0 Å². The van der Waals surface area contributed by atoms with Crippen LogP contribution in [0.2, 0.25) is 0 Å². The molecule has 0 saturated carbocycles. The predicted molar refractivity (Wildman–Crippen MR) is 68.7 cm³/mol. The molecule has 0 N–H and O–H groups in total. The molecule has 0 atom stereocenters. The highest BCUT2D eigenvalue weighted by molar-refractivity contribution is 5.95. The van der Waals surface area contributed by atoms with Gasteiger partial charge in [0.2, 0.25) is 12.3 Å². The van der Waals surface area contributed by atoms with Crippen molar-refractivity contribution in [2.45, 2.75) is 6.54 Å². The Bertz CT molecular complexity index is 633. The summed E-state index contributed by atoms with van der Waals surface area (Å²) in [5, 5.41) is 8.81. The number of Topliss-reactive ketones (excluding diaryl/α,β-unsaturated/α-hetero) is 1.